The number of nitrogens with zero attached hydrogens (tertiary/aromatic N) is 1. The average molecular weight is 372 g/mol. The minimum atomic E-state index is -0.562. The Bertz CT molecular complexity index is 800. The van der Waals surface area contributed by atoms with Crippen molar-refractivity contribution in [1.82, 2.24) is 10.2 Å². The maximum absolute atomic E-state index is 13.1. The number of hydrogen-bond acceptors (Lipinski definition) is 4. The zero-order chi connectivity index (χ0) is 18.7. The Labute approximate surface area is 158 Å². The Morgan fingerprint density at radius 3 is 2.73 bits per heavy atom. The number of carbonyl (C=O) groups is 2. The Morgan fingerprint density at radius 1 is 1.23 bits per heavy atom. The average Bonchev–Trinajstić information content (AvgIpc) is 3.12. The Balaban J connectivity index is 1.75. The standard InChI is InChI=1S/C20H24N2O3S/c1-13(2)18(21-19(23)15-6-4-5-7-16(15)25-3)20(24)22-10-8-17-14(12-22)9-11-26-17/h4-7,9,11,13,18H,8,10,12H2,1-3H3,(H,21,23). The fraction of sp³-hybridized carbons (Fsp3) is 0.400. The van der Waals surface area contributed by atoms with Gasteiger partial charge in [-0.1, -0.05) is 26.0 Å². The minimum absolute atomic E-state index is 0.00923. The van der Waals surface area contributed by atoms with E-state index in [1.165, 1.54) is 17.6 Å². The molecular formula is C20H24N2O3S. The van der Waals surface area contributed by atoms with Crippen molar-refractivity contribution < 1.29 is 14.3 Å². The Kier molecular flexibility index (Phi) is 5.61. The number of ether oxygens (including phenoxy) is 1. The summed E-state index contributed by atoms with van der Waals surface area (Å²) in [7, 11) is 1.53. The van der Waals surface area contributed by atoms with Gasteiger partial charge >= 0.3 is 0 Å². The molecule has 6 heteroatoms. The van der Waals surface area contributed by atoms with Crippen LogP contribution in [0.25, 0.3) is 0 Å². The van der Waals surface area contributed by atoms with Gasteiger partial charge in [0.2, 0.25) is 5.91 Å². The van der Waals surface area contributed by atoms with Crippen LogP contribution < -0.4 is 10.1 Å². The molecule has 138 valence electrons. The van der Waals surface area contributed by atoms with Crippen LogP contribution in [0.1, 0.15) is 34.6 Å². The SMILES string of the molecule is COc1ccccc1C(=O)NC(C(=O)N1CCc2sccc2C1)C(C)C. The van der Waals surface area contributed by atoms with Crippen molar-refractivity contribution >= 4 is 23.2 Å². The van der Waals surface area contributed by atoms with Crippen molar-refractivity contribution in [1.29, 1.82) is 0 Å². The van der Waals surface area contributed by atoms with Gasteiger partial charge in [0, 0.05) is 18.0 Å². The normalized spacial score (nSPS) is 14.7. The quantitative estimate of drug-likeness (QED) is 0.877. The number of methoxy groups -OCH3 is 1. The maximum Gasteiger partial charge on any atom is 0.255 e. The second kappa shape index (κ2) is 7.91. The molecule has 1 unspecified atom stereocenters. The molecule has 3 rings (SSSR count). The summed E-state index contributed by atoms with van der Waals surface area (Å²) >= 11 is 1.74. The Morgan fingerprint density at radius 2 is 2.00 bits per heavy atom. The molecule has 2 aromatic rings. The molecule has 0 spiro atoms. The summed E-state index contributed by atoms with van der Waals surface area (Å²) in [5.41, 5.74) is 1.65. The van der Waals surface area contributed by atoms with E-state index in [2.05, 4.69) is 16.8 Å². The lowest BCUT2D eigenvalue weighted by Gasteiger charge is -2.32. The highest BCUT2D eigenvalue weighted by Crippen LogP contribution is 2.25. The minimum Gasteiger partial charge on any atom is -0.496 e. The number of para-hydroxylation sites is 1. The van der Waals surface area contributed by atoms with E-state index in [0.717, 1.165) is 6.42 Å². The number of thiophene rings is 1. The van der Waals surface area contributed by atoms with Crippen molar-refractivity contribution in [2.24, 2.45) is 5.92 Å². The molecule has 0 saturated carbocycles. The van der Waals surface area contributed by atoms with Crippen molar-refractivity contribution in [3.63, 3.8) is 0 Å². The van der Waals surface area contributed by atoms with Gasteiger partial charge in [-0.15, -0.1) is 11.3 Å². The predicted octanol–water partition coefficient (Wildman–Crippen LogP) is 3.10. The smallest absolute Gasteiger partial charge is 0.255 e. The summed E-state index contributed by atoms with van der Waals surface area (Å²) in [5, 5.41) is 4.99. The predicted molar refractivity (Wildman–Crippen MR) is 103 cm³/mol. The van der Waals surface area contributed by atoms with Gasteiger partial charge in [-0.2, -0.15) is 0 Å². The van der Waals surface area contributed by atoms with Crippen LogP contribution in [0.2, 0.25) is 0 Å². The fourth-order valence-electron chi connectivity index (χ4n) is 3.20. The number of benzene rings is 1. The summed E-state index contributed by atoms with van der Waals surface area (Å²) < 4.78 is 5.26. The van der Waals surface area contributed by atoms with Crippen molar-refractivity contribution in [2.75, 3.05) is 13.7 Å². The van der Waals surface area contributed by atoms with Crippen LogP contribution in [-0.4, -0.2) is 36.4 Å². The van der Waals surface area contributed by atoms with E-state index in [-0.39, 0.29) is 17.7 Å². The summed E-state index contributed by atoms with van der Waals surface area (Å²) in [6.07, 6.45) is 0.879. The van der Waals surface area contributed by atoms with Crippen LogP contribution >= 0.6 is 11.3 Å². The van der Waals surface area contributed by atoms with Gasteiger partial charge in [0.1, 0.15) is 11.8 Å². The third kappa shape index (κ3) is 3.75. The van der Waals surface area contributed by atoms with Gasteiger partial charge in [0.15, 0.2) is 0 Å². The van der Waals surface area contributed by atoms with E-state index >= 15 is 0 Å². The van der Waals surface area contributed by atoms with E-state index in [1.54, 1.807) is 29.5 Å². The first-order valence-corrected chi connectivity index (χ1v) is 9.67. The lowest BCUT2D eigenvalue weighted by Crippen LogP contribution is -2.52. The molecule has 5 nitrogen and oxygen atoms in total. The highest BCUT2D eigenvalue weighted by Gasteiger charge is 2.31. The highest BCUT2D eigenvalue weighted by molar-refractivity contribution is 7.10. The van der Waals surface area contributed by atoms with Crippen LogP contribution in [0.5, 0.6) is 5.75 Å². The van der Waals surface area contributed by atoms with E-state index in [9.17, 15) is 9.59 Å². The number of rotatable bonds is 5. The van der Waals surface area contributed by atoms with Gasteiger partial charge in [-0.3, -0.25) is 9.59 Å². The number of fused-ring (bicyclic) bond motifs is 1. The number of amides is 2. The zero-order valence-electron chi connectivity index (χ0n) is 15.3. The first-order chi connectivity index (χ1) is 12.5. The third-order valence-electron chi connectivity index (χ3n) is 4.69. The Hall–Kier alpha value is -2.34. The molecule has 0 bridgehead atoms. The second-order valence-corrected chi connectivity index (χ2v) is 7.77. The first kappa shape index (κ1) is 18.5. The molecule has 0 fully saturated rings. The van der Waals surface area contributed by atoms with Gasteiger partial charge in [0.05, 0.1) is 12.7 Å². The molecule has 26 heavy (non-hydrogen) atoms. The maximum atomic E-state index is 13.1. The summed E-state index contributed by atoms with van der Waals surface area (Å²) in [6, 6.07) is 8.56. The molecule has 1 aromatic heterocycles. The van der Waals surface area contributed by atoms with Crippen LogP contribution in [0.3, 0.4) is 0 Å². The van der Waals surface area contributed by atoms with E-state index < -0.39 is 6.04 Å². The highest BCUT2D eigenvalue weighted by atomic mass is 32.1. The zero-order valence-corrected chi connectivity index (χ0v) is 16.1. The van der Waals surface area contributed by atoms with Crippen molar-refractivity contribution in [3.8, 4) is 5.75 Å². The molecule has 1 aliphatic heterocycles. The van der Waals surface area contributed by atoms with Crippen LogP contribution in [-0.2, 0) is 17.8 Å². The van der Waals surface area contributed by atoms with E-state index in [1.807, 2.05) is 24.8 Å². The number of carbonyl (C=O) groups excluding carboxylic acids is 2. The molecule has 1 N–H and O–H groups in total. The largest absolute Gasteiger partial charge is 0.496 e. The number of hydrogen-bond donors (Lipinski definition) is 1. The first-order valence-electron chi connectivity index (χ1n) is 8.79. The summed E-state index contributed by atoms with van der Waals surface area (Å²) in [5.74, 6) is 0.175. The molecule has 0 radical (unpaired) electrons. The third-order valence-corrected chi connectivity index (χ3v) is 5.71. The number of nitrogens with one attached hydrogen (secondary N) is 1. The van der Waals surface area contributed by atoms with E-state index in [4.69, 9.17) is 4.74 Å². The van der Waals surface area contributed by atoms with Gasteiger partial charge in [-0.25, -0.2) is 0 Å². The van der Waals surface area contributed by atoms with Gasteiger partial charge in [-0.05, 0) is 41.5 Å². The fourth-order valence-corrected chi connectivity index (χ4v) is 4.09. The van der Waals surface area contributed by atoms with Gasteiger partial charge in [0.25, 0.3) is 5.91 Å². The molecule has 1 aliphatic rings. The van der Waals surface area contributed by atoms with Crippen LogP contribution in [0.4, 0.5) is 0 Å². The molecule has 1 aromatic carbocycles. The van der Waals surface area contributed by atoms with Crippen molar-refractivity contribution in [3.05, 3.63) is 51.7 Å². The summed E-state index contributed by atoms with van der Waals surface area (Å²) in [4.78, 5) is 29.0. The topological polar surface area (TPSA) is 58.6 Å². The molecule has 0 saturated heterocycles. The second-order valence-electron chi connectivity index (χ2n) is 6.77. The van der Waals surface area contributed by atoms with Crippen LogP contribution in [0, 0.1) is 5.92 Å². The molecule has 1 atom stereocenters. The van der Waals surface area contributed by atoms with Crippen molar-refractivity contribution in [2.45, 2.75) is 32.9 Å². The molecule has 0 aliphatic carbocycles. The lowest BCUT2D eigenvalue weighted by molar-refractivity contribution is -0.135. The lowest BCUT2D eigenvalue weighted by atomic mass is 10.00. The molecular weight excluding hydrogens is 348 g/mol. The molecule has 2 heterocycles. The van der Waals surface area contributed by atoms with Gasteiger partial charge < -0.3 is 15.0 Å². The van der Waals surface area contributed by atoms with E-state index in [0.29, 0.717) is 24.4 Å². The summed E-state index contributed by atoms with van der Waals surface area (Å²) in [6.45, 7) is 5.21. The monoisotopic (exact) mass is 372 g/mol. The molecule has 2 amide bonds. The van der Waals surface area contributed by atoms with Crippen LogP contribution in [0.15, 0.2) is 35.7 Å².